The van der Waals surface area contributed by atoms with Gasteiger partial charge in [-0.3, -0.25) is 9.59 Å². The van der Waals surface area contributed by atoms with E-state index in [9.17, 15) is 9.59 Å². The van der Waals surface area contributed by atoms with Crippen LogP contribution in [0, 0.1) is 0 Å². The third-order valence-corrected chi connectivity index (χ3v) is 4.91. The van der Waals surface area contributed by atoms with E-state index in [0.29, 0.717) is 12.3 Å². The van der Waals surface area contributed by atoms with Crippen molar-refractivity contribution in [1.82, 2.24) is 4.98 Å². The third kappa shape index (κ3) is 6.05. The van der Waals surface area contributed by atoms with E-state index in [1.807, 2.05) is 53.9 Å². The highest BCUT2D eigenvalue weighted by Crippen LogP contribution is 2.29. The Kier molecular flexibility index (Phi) is 7.40. The Bertz CT molecular complexity index is 1000. The number of hydrogen-bond donors (Lipinski definition) is 2. The molecule has 1 aromatic heterocycles. The van der Waals surface area contributed by atoms with E-state index >= 15 is 0 Å². The van der Waals surface area contributed by atoms with E-state index in [0.717, 1.165) is 27.8 Å². The van der Waals surface area contributed by atoms with Crippen LogP contribution in [0.5, 0.6) is 5.75 Å². The standard InChI is InChI=1S/C22H23N3O4S/c1-3-29-21(27)12-11-20(26)23-16-9-7-15(8-10-16)19-14-30-22(25-19)24-17-5-4-6-18(13-17)28-2/h4-10,13-14H,3,11-12H2,1-2H3,(H,23,26)(H,24,25). The Balaban J connectivity index is 1.57. The molecule has 2 N–H and O–H groups in total. The number of nitrogens with zero attached hydrogens (tertiary/aromatic N) is 1. The molecule has 156 valence electrons. The smallest absolute Gasteiger partial charge is 0.306 e. The van der Waals surface area contributed by atoms with Crippen LogP contribution in [0.2, 0.25) is 0 Å². The van der Waals surface area contributed by atoms with Gasteiger partial charge in [0.15, 0.2) is 5.13 Å². The molecule has 0 atom stereocenters. The molecule has 0 fully saturated rings. The quantitative estimate of drug-likeness (QED) is 0.477. The highest BCUT2D eigenvalue weighted by atomic mass is 32.1. The van der Waals surface area contributed by atoms with Gasteiger partial charge in [-0.25, -0.2) is 4.98 Å². The van der Waals surface area contributed by atoms with Gasteiger partial charge in [-0.05, 0) is 31.2 Å². The molecule has 7 nitrogen and oxygen atoms in total. The van der Waals surface area contributed by atoms with Gasteiger partial charge in [0.05, 0.1) is 25.8 Å². The van der Waals surface area contributed by atoms with E-state index in [1.54, 1.807) is 14.0 Å². The molecular weight excluding hydrogens is 402 g/mol. The molecule has 2 aromatic carbocycles. The molecule has 0 saturated heterocycles. The second kappa shape index (κ2) is 10.4. The van der Waals surface area contributed by atoms with Gasteiger partial charge in [-0.1, -0.05) is 18.2 Å². The second-order valence-electron chi connectivity index (χ2n) is 6.33. The summed E-state index contributed by atoms with van der Waals surface area (Å²) in [5.41, 5.74) is 3.34. The summed E-state index contributed by atoms with van der Waals surface area (Å²) in [5.74, 6) is 0.177. The average Bonchev–Trinajstić information content (AvgIpc) is 3.21. The van der Waals surface area contributed by atoms with Crippen LogP contribution in [0.15, 0.2) is 53.9 Å². The maximum absolute atomic E-state index is 12.0. The zero-order chi connectivity index (χ0) is 21.3. The first-order chi connectivity index (χ1) is 14.6. The summed E-state index contributed by atoms with van der Waals surface area (Å²) in [6, 6.07) is 15.1. The Morgan fingerprint density at radius 1 is 1.07 bits per heavy atom. The molecule has 0 radical (unpaired) electrons. The number of thiazole rings is 1. The van der Waals surface area contributed by atoms with Gasteiger partial charge in [0.1, 0.15) is 5.75 Å². The van der Waals surface area contributed by atoms with E-state index in [2.05, 4.69) is 15.6 Å². The lowest BCUT2D eigenvalue weighted by molar-refractivity contribution is -0.144. The van der Waals surface area contributed by atoms with Crippen molar-refractivity contribution in [3.05, 3.63) is 53.9 Å². The van der Waals surface area contributed by atoms with E-state index in [-0.39, 0.29) is 24.7 Å². The fraction of sp³-hybridized carbons (Fsp3) is 0.227. The van der Waals surface area contributed by atoms with Crippen molar-refractivity contribution >= 4 is 39.7 Å². The summed E-state index contributed by atoms with van der Waals surface area (Å²) in [7, 11) is 1.63. The van der Waals surface area contributed by atoms with Crippen LogP contribution in [0.25, 0.3) is 11.3 Å². The minimum atomic E-state index is -0.370. The lowest BCUT2D eigenvalue weighted by atomic mass is 10.1. The lowest BCUT2D eigenvalue weighted by Gasteiger charge is -2.06. The second-order valence-corrected chi connectivity index (χ2v) is 7.18. The van der Waals surface area contributed by atoms with Crippen molar-refractivity contribution in [2.45, 2.75) is 19.8 Å². The number of amides is 1. The maximum Gasteiger partial charge on any atom is 0.306 e. The van der Waals surface area contributed by atoms with Gasteiger partial charge in [-0.15, -0.1) is 11.3 Å². The SMILES string of the molecule is CCOC(=O)CCC(=O)Nc1ccc(-c2csc(Nc3cccc(OC)c3)n2)cc1. The predicted octanol–water partition coefficient (Wildman–Crippen LogP) is 4.84. The topological polar surface area (TPSA) is 89.6 Å². The fourth-order valence-electron chi connectivity index (χ4n) is 2.68. The van der Waals surface area contributed by atoms with Crippen LogP contribution in [0.4, 0.5) is 16.5 Å². The highest BCUT2D eigenvalue weighted by Gasteiger charge is 2.09. The van der Waals surface area contributed by atoms with Crippen molar-refractivity contribution in [1.29, 1.82) is 0 Å². The summed E-state index contributed by atoms with van der Waals surface area (Å²) >= 11 is 1.50. The van der Waals surface area contributed by atoms with Gasteiger partial charge in [0.25, 0.3) is 0 Å². The molecule has 0 spiro atoms. The third-order valence-electron chi connectivity index (χ3n) is 4.15. The Hall–Kier alpha value is -3.39. The number of rotatable bonds is 9. The Morgan fingerprint density at radius 3 is 2.60 bits per heavy atom. The normalized spacial score (nSPS) is 10.3. The number of anilines is 3. The number of esters is 1. The van der Waals surface area contributed by atoms with Crippen molar-refractivity contribution in [3.63, 3.8) is 0 Å². The van der Waals surface area contributed by atoms with Crippen LogP contribution < -0.4 is 15.4 Å². The van der Waals surface area contributed by atoms with E-state index < -0.39 is 0 Å². The molecule has 3 rings (SSSR count). The monoisotopic (exact) mass is 425 g/mol. The van der Waals surface area contributed by atoms with Crippen molar-refractivity contribution in [3.8, 4) is 17.0 Å². The van der Waals surface area contributed by atoms with Gasteiger partial charge >= 0.3 is 5.97 Å². The van der Waals surface area contributed by atoms with Gasteiger partial charge in [0, 0.05) is 34.8 Å². The number of ether oxygens (including phenoxy) is 2. The van der Waals surface area contributed by atoms with Crippen molar-refractivity contribution in [2.75, 3.05) is 24.4 Å². The molecule has 30 heavy (non-hydrogen) atoms. The molecule has 1 amide bonds. The van der Waals surface area contributed by atoms with Crippen LogP contribution in [-0.4, -0.2) is 30.6 Å². The predicted molar refractivity (Wildman–Crippen MR) is 118 cm³/mol. The first-order valence-electron chi connectivity index (χ1n) is 9.50. The number of carbonyl (C=O) groups excluding carboxylic acids is 2. The minimum Gasteiger partial charge on any atom is -0.497 e. The number of nitrogens with one attached hydrogen (secondary N) is 2. The number of carbonyl (C=O) groups is 2. The summed E-state index contributed by atoms with van der Waals surface area (Å²) in [4.78, 5) is 27.9. The molecule has 0 unspecified atom stereocenters. The van der Waals surface area contributed by atoms with E-state index in [1.165, 1.54) is 11.3 Å². The zero-order valence-electron chi connectivity index (χ0n) is 16.8. The van der Waals surface area contributed by atoms with Gasteiger partial charge in [0.2, 0.25) is 5.91 Å². The lowest BCUT2D eigenvalue weighted by Crippen LogP contribution is -2.14. The number of methoxy groups -OCH3 is 1. The van der Waals surface area contributed by atoms with Crippen molar-refractivity contribution in [2.24, 2.45) is 0 Å². The van der Waals surface area contributed by atoms with Crippen molar-refractivity contribution < 1.29 is 19.1 Å². The van der Waals surface area contributed by atoms with E-state index in [4.69, 9.17) is 9.47 Å². The van der Waals surface area contributed by atoms with Crippen LogP contribution in [0.1, 0.15) is 19.8 Å². The Labute approximate surface area is 179 Å². The molecule has 1 heterocycles. The molecule has 0 aliphatic carbocycles. The van der Waals surface area contributed by atoms with Crippen LogP contribution >= 0.6 is 11.3 Å². The summed E-state index contributed by atoms with van der Waals surface area (Å²) in [5, 5.41) is 8.79. The Morgan fingerprint density at radius 2 is 1.87 bits per heavy atom. The molecule has 0 aliphatic rings. The molecule has 0 saturated carbocycles. The summed E-state index contributed by atoms with van der Waals surface area (Å²) < 4.78 is 10.1. The minimum absolute atomic E-state index is 0.0691. The molecule has 0 bridgehead atoms. The summed E-state index contributed by atoms with van der Waals surface area (Å²) in [6.07, 6.45) is 0.158. The number of hydrogen-bond acceptors (Lipinski definition) is 7. The average molecular weight is 426 g/mol. The largest absolute Gasteiger partial charge is 0.497 e. The maximum atomic E-state index is 12.0. The number of benzene rings is 2. The first kappa shape index (κ1) is 21.3. The molecule has 3 aromatic rings. The van der Waals surface area contributed by atoms with Gasteiger partial charge in [-0.2, -0.15) is 0 Å². The molecule has 0 aliphatic heterocycles. The van der Waals surface area contributed by atoms with Gasteiger partial charge < -0.3 is 20.1 Å². The zero-order valence-corrected chi connectivity index (χ0v) is 17.6. The fourth-order valence-corrected chi connectivity index (χ4v) is 3.42. The molecule has 8 heteroatoms. The summed E-state index contributed by atoms with van der Waals surface area (Å²) in [6.45, 7) is 2.05. The number of aromatic nitrogens is 1. The molecular formula is C22H23N3O4S. The van der Waals surface area contributed by atoms with Crippen LogP contribution in [0.3, 0.4) is 0 Å². The highest BCUT2D eigenvalue weighted by molar-refractivity contribution is 7.14. The first-order valence-corrected chi connectivity index (χ1v) is 10.4. The van der Waals surface area contributed by atoms with Crippen LogP contribution in [-0.2, 0) is 14.3 Å².